The zero-order chi connectivity index (χ0) is 33.6. The summed E-state index contributed by atoms with van der Waals surface area (Å²) in [6.07, 6.45) is 3.98. The van der Waals surface area contributed by atoms with E-state index in [1.54, 1.807) is 48.5 Å². The van der Waals surface area contributed by atoms with Crippen molar-refractivity contribution in [1.82, 2.24) is 10.2 Å². The normalized spacial score (nSPS) is 14.0. The molecule has 1 aliphatic rings. The van der Waals surface area contributed by atoms with Crippen molar-refractivity contribution >= 4 is 50.7 Å². The van der Waals surface area contributed by atoms with E-state index in [2.05, 4.69) is 5.32 Å². The zero-order valence-corrected chi connectivity index (χ0v) is 28.9. The van der Waals surface area contributed by atoms with Crippen LogP contribution in [0.25, 0.3) is 0 Å². The molecule has 5 rings (SSSR count). The number of carbonyl (C=O) groups is 2. The van der Waals surface area contributed by atoms with E-state index < -0.39 is 28.5 Å². The van der Waals surface area contributed by atoms with Gasteiger partial charge in [-0.25, -0.2) is 8.42 Å². The molecule has 10 heteroatoms. The highest BCUT2D eigenvalue weighted by Gasteiger charge is 2.36. The number of hydrogen-bond donors (Lipinski definition) is 1. The van der Waals surface area contributed by atoms with Crippen LogP contribution < -0.4 is 9.62 Å². The summed E-state index contributed by atoms with van der Waals surface area (Å²) in [7, 11) is -4.20. The molecule has 1 atom stereocenters. The van der Waals surface area contributed by atoms with E-state index >= 15 is 0 Å². The molecule has 246 valence electrons. The first-order valence-electron chi connectivity index (χ1n) is 15.8. The molecule has 0 radical (unpaired) electrons. The predicted octanol–water partition coefficient (Wildman–Crippen LogP) is 7.50. The van der Waals surface area contributed by atoms with Crippen LogP contribution in [0.2, 0.25) is 10.0 Å². The van der Waals surface area contributed by atoms with Crippen molar-refractivity contribution in [3.63, 3.8) is 0 Å². The summed E-state index contributed by atoms with van der Waals surface area (Å²) in [5, 5.41) is 3.86. The molecule has 7 nitrogen and oxygen atoms in total. The van der Waals surface area contributed by atoms with Gasteiger partial charge in [0.15, 0.2) is 0 Å². The van der Waals surface area contributed by atoms with Gasteiger partial charge >= 0.3 is 0 Å². The largest absolute Gasteiger partial charge is 0.352 e. The first-order valence-corrected chi connectivity index (χ1v) is 18.0. The third kappa shape index (κ3) is 8.18. The lowest BCUT2D eigenvalue weighted by Crippen LogP contribution is -2.54. The molecule has 1 fully saturated rings. The van der Waals surface area contributed by atoms with Gasteiger partial charge in [-0.3, -0.25) is 13.9 Å². The fourth-order valence-electron chi connectivity index (χ4n) is 6.01. The van der Waals surface area contributed by atoms with Gasteiger partial charge in [-0.1, -0.05) is 103 Å². The molecule has 0 aliphatic heterocycles. The summed E-state index contributed by atoms with van der Waals surface area (Å²) in [6, 6.07) is 27.0. The maximum absolute atomic E-state index is 14.8. The fraction of sp³-hybridized carbons (Fsp3) is 0.297. The summed E-state index contributed by atoms with van der Waals surface area (Å²) >= 11 is 13.2. The monoisotopic (exact) mass is 691 g/mol. The van der Waals surface area contributed by atoms with Crippen molar-refractivity contribution < 1.29 is 18.0 Å². The van der Waals surface area contributed by atoms with Crippen molar-refractivity contribution in [2.24, 2.45) is 0 Å². The van der Waals surface area contributed by atoms with E-state index in [-0.39, 0.29) is 29.8 Å². The van der Waals surface area contributed by atoms with Crippen LogP contribution in [-0.2, 0) is 32.6 Å². The van der Waals surface area contributed by atoms with Crippen LogP contribution in [0.5, 0.6) is 0 Å². The van der Waals surface area contributed by atoms with Crippen LogP contribution in [0.15, 0.2) is 102 Å². The highest BCUT2D eigenvalue weighted by Crippen LogP contribution is 2.31. The number of hydrogen-bond acceptors (Lipinski definition) is 4. The molecule has 0 aromatic heterocycles. The molecule has 4 aromatic carbocycles. The second kappa shape index (κ2) is 15.4. The van der Waals surface area contributed by atoms with Crippen molar-refractivity contribution in [1.29, 1.82) is 0 Å². The van der Waals surface area contributed by atoms with E-state index in [9.17, 15) is 18.0 Å². The topological polar surface area (TPSA) is 86.8 Å². The number of sulfonamides is 1. The first kappa shape index (κ1) is 34.5. The van der Waals surface area contributed by atoms with Gasteiger partial charge in [-0.15, -0.1) is 0 Å². The highest BCUT2D eigenvalue weighted by atomic mass is 35.5. The minimum Gasteiger partial charge on any atom is -0.352 e. The quantitative estimate of drug-likeness (QED) is 0.167. The summed E-state index contributed by atoms with van der Waals surface area (Å²) in [5.74, 6) is -0.870. The maximum Gasteiger partial charge on any atom is 0.264 e. The second-order valence-corrected chi connectivity index (χ2v) is 14.6. The summed E-state index contributed by atoms with van der Waals surface area (Å²) in [4.78, 5) is 30.4. The van der Waals surface area contributed by atoms with Gasteiger partial charge in [0.1, 0.15) is 12.6 Å². The Labute approximate surface area is 287 Å². The lowest BCUT2D eigenvalue weighted by Gasteiger charge is -2.35. The molecule has 47 heavy (non-hydrogen) atoms. The van der Waals surface area contributed by atoms with E-state index in [0.29, 0.717) is 21.3 Å². The smallest absolute Gasteiger partial charge is 0.264 e. The van der Waals surface area contributed by atoms with Crippen molar-refractivity contribution in [3.8, 4) is 0 Å². The summed E-state index contributed by atoms with van der Waals surface area (Å²) in [5.41, 5.74) is 3.31. The second-order valence-electron chi connectivity index (χ2n) is 12.0. The predicted molar refractivity (Wildman–Crippen MR) is 188 cm³/mol. The average Bonchev–Trinajstić information content (AvgIpc) is 3.58. The molecule has 4 aromatic rings. The van der Waals surface area contributed by atoms with Crippen LogP contribution in [-0.4, -0.2) is 43.8 Å². The third-order valence-corrected chi connectivity index (χ3v) is 11.3. The van der Waals surface area contributed by atoms with Gasteiger partial charge in [0.2, 0.25) is 11.8 Å². The maximum atomic E-state index is 14.8. The summed E-state index contributed by atoms with van der Waals surface area (Å²) in [6.45, 7) is 3.07. The highest BCUT2D eigenvalue weighted by molar-refractivity contribution is 7.92. The van der Waals surface area contributed by atoms with Gasteiger partial charge < -0.3 is 10.2 Å². The molecule has 0 bridgehead atoms. The number of nitrogens with zero attached hydrogens (tertiary/aromatic N) is 2. The Morgan fingerprint density at radius 3 is 2.06 bits per heavy atom. The standard InChI is InChI=1S/C37H39Cl2N3O4S/c1-26-13-11-22-34(27(26)2)42(47(45,46)30-18-7-4-8-19-30)25-36(43)41(24-31-32(38)20-12-21-33(31)39)35(23-28-14-5-3-6-15-28)37(44)40-29-16-9-10-17-29/h3-8,11-15,18-22,29,35H,9-10,16-17,23-25H2,1-2H3,(H,40,44). The molecule has 1 unspecified atom stereocenters. The minimum atomic E-state index is -4.20. The number of aryl methyl sites for hydroxylation is 1. The average molecular weight is 693 g/mol. The number of rotatable bonds is 12. The molecule has 0 heterocycles. The van der Waals surface area contributed by atoms with Crippen LogP contribution in [0.4, 0.5) is 5.69 Å². The third-order valence-electron chi connectivity index (χ3n) is 8.82. The zero-order valence-electron chi connectivity index (χ0n) is 26.5. The van der Waals surface area contributed by atoms with E-state index in [0.717, 1.165) is 46.7 Å². The Morgan fingerprint density at radius 2 is 1.43 bits per heavy atom. The van der Waals surface area contributed by atoms with Gasteiger partial charge in [0.25, 0.3) is 10.0 Å². The van der Waals surface area contributed by atoms with Gasteiger partial charge in [-0.2, -0.15) is 0 Å². The molecule has 1 aliphatic carbocycles. The van der Waals surface area contributed by atoms with Crippen molar-refractivity contribution in [3.05, 3.63) is 129 Å². The molecule has 2 amide bonds. The SMILES string of the molecule is Cc1cccc(N(CC(=O)N(Cc2c(Cl)cccc2Cl)C(Cc2ccccc2)C(=O)NC2CCCC2)S(=O)(=O)c2ccccc2)c1C. The van der Waals surface area contributed by atoms with Gasteiger partial charge in [0, 0.05) is 34.6 Å². The number of benzene rings is 4. The summed E-state index contributed by atoms with van der Waals surface area (Å²) < 4.78 is 29.7. The minimum absolute atomic E-state index is 0.00604. The Morgan fingerprint density at radius 1 is 0.830 bits per heavy atom. The van der Waals surface area contributed by atoms with Crippen LogP contribution >= 0.6 is 23.2 Å². The molecule has 1 saturated carbocycles. The Hall–Kier alpha value is -3.85. The Balaban J connectivity index is 1.61. The van der Waals surface area contributed by atoms with Crippen LogP contribution in [0.1, 0.15) is 47.9 Å². The lowest BCUT2D eigenvalue weighted by atomic mass is 10.0. The van der Waals surface area contributed by atoms with Gasteiger partial charge in [-0.05, 0) is 73.7 Å². The van der Waals surface area contributed by atoms with E-state index in [4.69, 9.17) is 23.2 Å². The first-order chi connectivity index (χ1) is 22.6. The van der Waals surface area contributed by atoms with Crippen LogP contribution in [0.3, 0.4) is 0 Å². The molecular formula is C37H39Cl2N3O4S. The number of anilines is 1. The lowest BCUT2D eigenvalue weighted by molar-refractivity contribution is -0.140. The Bertz CT molecular complexity index is 1790. The number of nitrogens with one attached hydrogen (secondary N) is 1. The fourth-order valence-corrected chi connectivity index (χ4v) is 8.02. The molecular weight excluding hydrogens is 653 g/mol. The van der Waals surface area contributed by atoms with Crippen molar-refractivity contribution in [2.45, 2.75) is 69.5 Å². The molecule has 1 N–H and O–H groups in total. The molecule has 0 spiro atoms. The number of amides is 2. The van der Waals surface area contributed by atoms with E-state index in [1.807, 2.05) is 50.2 Å². The molecule has 0 saturated heterocycles. The van der Waals surface area contributed by atoms with E-state index in [1.165, 1.54) is 17.0 Å². The van der Waals surface area contributed by atoms with Crippen molar-refractivity contribution in [2.75, 3.05) is 10.8 Å². The Kier molecular flexibility index (Phi) is 11.3. The van der Waals surface area contributed by atoms with Crippen LogP contribution in [0, 0.1) is 13.8 Å². The number of halogens is 2. The van der Waals surface area contributed by atoms with Gasteiger partial charge in [0.05, 0.1) is 10.6 Å². The number of carbonyl (C=O) groups excluding carboxylic acids is 2.